The predicted octanol–water partition coefficient (Wildman–Crippen LogP) is 3.47. The van der Waals surface area contributed by atoms with Gasteiger partial charge in [-0.2, -0.15) is 0 Å². The normalized spacial score (nSPS) is 15.6. The Morgan fingerprint density at radius 1 is 1.38 bits per heavy atom. The van der Waals surface area contributed by atoms with Gasteiger partial charge in [-0.05, 0) is 32.2 Å². The van der Waals surface area contributed by atoms with Gasteiger partial charge in [0.2, 0.25) is 0 Å². The summed E-state index contributed by atoms with van der Waals surface area (Å²) in [6, 6.07) is 0. The van der Waals surface area contributed by atoms with Crippen LogP contribution in [0.5, 0.6) is 0 Å². The molecule has 0 unspecified atom stereocenters. The van der Waals surface area contributed by atoms with Crippen molar-refractivity contribution in [1.29, 1.82) is 0 Å². The minimum absolute atomic E-state index is 0.792. The van der Waals surface area contributed by atoms with Gasteiger partial charge in [-0.1, -0.05) is 20.3 Å². The minimum atomic E-state index is 0.792. The van der Waals surface area contributed by atoms with E-state index in [9.17, 15) is 0 Å². The smallest absolute Gasteiger partial charge is 0.0931 e. The molecule has 0 aromatic carbocycles. The summed E-state index contributed by atoms with van der Waals surface area (Å²) in [4.78, 5) is 6.34. The number of hydrogen-bond acceptors (Lipinski definition) is 3. The Morgan fingerprint density at radius 2 is 2.19 bits per heavy atom. The second-order valence-electron chi connectivity index (χ2n) is 4.57. The van der Waals surface area contributed by atoms with Crippen molar-refractivity contribution in [1.82, 2.24) is 10.3 Å². The van der Waals surface area contributed by atoms with Crippen LogP contribution in [0.15, 0.2) is 0 Å². The Hall–Kier alpha value is -0.410. The van der Waals surface area contributed by atoms with Crippen molar-refractivity contribution in [2.24, 2.45) is 0 Å². The van der Waals surface area contributed by atoms with Crippen molar-refractivity contribution in [2.45, 2.75) is 58.4 Å². The lowest BCUT2D eigenvalue weighted by molar-refractivity contribution is 0.726. The lowest BCUT2D eigenvalue weighted by Gasteiger charge is -2.00. The molecule has 2 rings (SSSR count). The maximum atomic E-state index is 4.84. The number of nitrogens with one attached hydrogen (secondary N) is 1. The average Bonchev–Trinajstić information content (AvgIpc) is 3.06. The summed E-state index contributed by atoms with van der Waals surface area (Å²) >= 11 is 1.93. The average molecular weight is 238 g/mol. The van der Waals surface area contributed by atoms with Gasteiger partial charge in [0.1, 0.15) is 0 Å². The molecule has 0 bridgehead atoms. The van der Waals surface area contributed by atoms with Crippen molar-refractivity contribution in [2.75, 3.05) is 6.54 Å². The fourth-order valence-electron chi connectivity index (χ4n) is 1.89. The SMILES string of the molecule is CCCCc1nc(C2CC2)c(CNCC)s1. The van der Waals surface area contributed by atoms with Crippen LogP contribution in [-0.2, 0) is 13.0 Å². The molecule has 1 aliphatic rings. The van der Waals surface area contributed by atoms with E-state index in [0.717, 1.165) is 19.0 Å². The van der Waals surface area contributed by atoms with Crippen LogP contribution >= 0.6 is 11.3 Å². The molecule has 0 aliphatic heterocycles. The van der Waals surface area contributed by atoms with Crippen LogP contribution in [0.25, 0.3) is 0 Å². The first-order valence-electron chi connectivity index (χ1n) is 6.54. The Balaban J connectivity index is 2.03. The van der Waals surface area contributed by atoms with Crippen molar-refractivity contribution in [3.8, 4) is 0 Å². The number of aromatic nitrogens is 1. The van der Waals surface area contributed by atoms with Crippen LogP contribution in [0, 0.1) is 0 Å². The maximum Gasteiger partial charge on any atom is 0.0931 e. The van der Waals surface area contributed by atoms with Gasteiger partial charge in [-0.15, -0.1) is 11.3 Å². The Kier molecular flexibility index (Phi) is 4.36. The molecule has 2 nitrogen and oxygen atoms in total. The van der Waals surface area contributed by atoms with Crippen molar-refractivity contribution in [3.05, 3.63) is 15.6 Å². The summed E-state index contributed by atoms with van der Waals surface area (Å²) in [6.45, 7) is 6.48. The third-order valence-corrected chi connectivity index (χ3v) is 4.15. The number of thiazole rings is 1. The molecule has 1 fully saturated rings. The summed E-state index contributed by atoms with van der Waals surface area (Å²) in [5.74, 6) is 0.792. The van der Waals surface area contributed by atoms with Gasteiger partial charge in [-0.25, -0.2) is 4.98 Å². The second kappa shape index (κ2) is 5.78. The quantitative estimate of drug-likeness (QED) is 0.786. The van der Waals surface area contributed by atoms with E-state index in [1.54, 1.807) is 0 Å². The van der Waals surface area contributed by atoms with E-state index in [-0.39, 0.29) is 0 Å². The first-order valence-corrected chi connectivity index (χ1v) is 7.36. The van der Waals surface area contributed by atoms with Crippen LogP contribution in [-0.4, -0.2) is 11.5 Å². The third kappa shape index (κ3) is 3.05. The molecule has 0 spiro atoms. The van der Waals surface area contributed by atoms with E-state index in [1.807, 2.05) is 11.3 Å². The molecular weight excluding hydrogens is 216 g/mol. The highest BCUT2D eigenvalue weighted by Gasteiger charge is 2.29. The highest BCUT2D eigenvalue weighted by molar-refractivity contribution is 7.11. The van der Waals surface area contributed by atoms with Crippen molar-refractivity contribution < 1.29 is 0 Å². The number of nitrogens with zero attached hydrogens (tertiary/aromatic N) is 1. The van der Waals surface area contributed by atoms with E-state index in [0.29, 0.717) is 0 Å². The molecule has 1 aliphatic carbocycles. The number of rotatable bonds is 7. The summed E-state index contributed by atoms with van der Waals surface area (Å²) in [7, 11) is 0. The molecule has 0 saturated heterocycles. The maximum absolute atomic E-state index is 4.84. The lowest BCUT2D eigenvalue weighted by atomic mass is 10.2. The van der Waals surface area contributed by atoms with E-state index in [1.165, 1.54) is 47.7 Å². The van der Waals surface area contributed by atoms with Gasteiger partial charge in [0, 0.05) is 17.3 Å². The van der Waals surface area contributed by atoms with Gasteiger partial charge in [-0.3, -0.25) is 0 Å². The largest absolute Gasteiger partial charge is 0.312 e. The summed E-state index contributed by atoms with van der Waals surface area (Å²) < 4.78 is 0. The molecular formula is C13H22N2S. The van der Waals surface area contributed by atoms with Gasteiger partial charge in [0.05, 0.1) is 10.7 Å². The summed E-state index contributed by atoms with van der Waals surface area (Å²) in [5.41, 5.74) is 1.41. The second-order valence-corrected chi connectivity index (χ2v) is 5.74. The molecule has 90 valence electrons. The van der Waals surface area contributed by atoms with Crippen LogP contribution in [0.4, 0.5) is 0 Å². The van der Waals surface area contributed by atoms with Crippen molar-refractivity contribution in [3.63, 3.8) is 0 Å². The zero-order valence-electron chi connectivity index (χ0n) is 10.4. The molecule has 1 N–H and O–H groups in total. The molecule has 0 amide bonds. The first kappa shape index (κ1) is 12.1. The molecule has 16 heavy (non-hydrogen) atoms. The molecule has 0 radical (unpaired) electrons. The summed E-state index contributed by atoms with van der Waals surface area (Å²) in [6.07, 6.45) is 6.43. The topological polar surface area (TPSA) is 24.9 Å². The highest BCUT2D eigenvalue weighted by Crippen LogP contribution is 2.42. The Labute approximate surface area is 102 Å². The lowest BCUT2D eigenvalue weighted by Crippen LogP contribution is -2.11. The molecule has 1 aromatic rings. The van der Waals surface area contributed by atoms with Gasteiger partial charge >= 0.3 is 0 Å². The highest BCUT2D eigenvalue weighted by atomic mass is 32.1. The molecule has 3 heteroatoms. The Bertz CT molecular complexity index is 329. The van der Waals surface area contributed by atoms with Gasteiger partial charge < -0.3 is 5.32 Å². The molecule has 1 heterocycles. The molecule has 1 aromatic heterocycles. The van der Waals surface area contributed by atoms with E-state index >= 15 is 0 Å². The van der Waals surface area contributed by atoms with E-state index in [2.05, 4.69) is 19.2 Å². The molecule has 0 atom stereocenters. The van der Waals surface area contributed by atoms with Gasteiger partial charge in [0.25, 0.3) is 0 Å². The zero-order chi connectivity index (χ0) is 11.4. The zero-order valence-corrected chi connectivity index (χ0v) is 11.2. The first-order chi connectivity index (χ1) is 7.85. The van der Waals surface area contributed by atoms with Crippen LogP contribution in [0.2, 0.25) is 0 Å². The van der Waals surface area contributed by atoms with E-state index < -0.39 is 0 Å². The number of aryl methyl sites for hydroxylation is 1. The fourth-order valence-corrected chi connectivity index (χ4v) is 3.06. The monoisotopic (exact) mass is 238 g/mol. The van der Waals surface area contributed by atoms with Gasteiger partial charge in [0.15, 0.2) is 0 Å². The Morgan fingerprint density at radius 3 is 2.81 bits per heavy atom. The number of hydrogen-bond donors (Lipinski definition) is 1. The van der Waals surface area contributed by atoms with Crippen LogP contribution in [0.3, 0.4) is 0 Å². The van der Waals surface area contributed by atoms with Crippen LogP contribution in [0.1, 0.15) is 61.0 Å². The predicted molar refractivity (Wildman–Crippen MR) is 70.1 cm³/mol. The standard InChI is InChI=1S/C13H22N2S/c1-3-5-6-12-15-13(10-7-8-10)11(16-12)9-14-4-2/h10,14H,3-9H2,1-2H3. The fraction of sp³-hybridized carbons (Fsp3) is 0.769. The number of unbranched alkanes of at least 4 members (excludes halogenated alkanes) is 1. The summed E-state index contributed by atoms with van der Waals surface area (Å²) in [5, 5.41) is 4.79. The minimum Gasteiger partial charge on any atom is -0.312 e. The van der Waals surface area contributed by atoms with Crippen LogP contribution < -0.4 is 5.32 Å². The van der Waals surface area contributed by atoms with Crippen molar-refractivity contribution >= 4 is 11.3 Å². The molecule has 1 saturated carbocycles. The third-order valence-electron chi connectivity index (χ3n) is 3.02. The van der Waals surface area contributed by atoms with E-state index in [4.69, 9.17) is 4.98 Å².